The van der Waals surface area contributed by atoms with E-state index in [2.05, 4.69) is 0 Å². The maximum atomic E-state index is 14.9. The van der Waals surface area contributed by atoms with Crippen LogP contribution in [0.2, 0.25) is 10.0 Å². The molecule has 0 aromatic heterocycles. The van der Waals surface area contributed by atoms with Gasteiger partial charge in [0.25, 0.3) is 5.91 Å². The second-order valence-corrected chi connectivity index (χ2v) is 12.5. The molecule has 1 aliphatic heterocycles. The zero-order valence-electron chi connectivity index (χ0n) is 22.3. The van der Waals surface area contributed by atoms with Crippen LogP contribution in [-0.2, 0) is 24.3 Å². The molecular weight excluding hydrogens is 594 g/mol. The number of anilines is 1. The number of aliphatic carboxylic acids is 1. The smallest absolute Gasteiger partial charge is 0.306 e. The number of ether oxygens (including phenoxy) is 1. The molecule has 12 heteroatoms. The minimum atomic E-state index is -4.00. The molecular formula is C29H29Cl2FN2O6S. The van der Waals surface area contributed by atoms with Crippen LogP contribution in [-0.4, -0.2) is 55.2 Å². The van der Waals surface area contributed by atoms with Gasteiger partial charge in [-0.05, 0) is 53.9 Å². The first-order valence-electron chi connectivity index (χ1n) is 12.8. The number of para-hydroxylation sites is 1. The van der Waals surface area contributed by atoms with Gasteiger partial charge in [0.1, 0.15) is 18.0 Å². The zero-order valence-corrected chi connectivity index (χ0v) is 24.6. The average Bonchev–Trinajstić information content (AvgIpc) is 2.91. The number of carbonyl (C=O) groups is 2. The highest BCUT2D eigenvalue weighted by molar-refractivity contribution is 7.92. The number of carboxylic acids is 1. The summed E-state index contributed by atoms with van der Waals surface area (Å²) in [6.07, 6.45) is -1.62. The molecule has 0 saturated carbocycles. The highest BCUT2D eigenvalue weighted by Crippen LogP contribution is 2.45. The second-order valence-electron chi connectivity index (χ2n) is 9.75. The van der Waals surface area contributed by atoms with Gasteiger partial charge in [-0.15, -0.1) is 0 Å². The fourth-order valence-electron chi connectivity index (χ4n) is 5.07. The quantitative estimate of drug-likeness (QED) is 0.304. The molecule has 4 rings (SSSR count). The fraction of sp³-hybridized carbons (Fsp3) is 0.310. The van der Waals surface area contributed by atoms with Gasteiger partial charge in [-0.2, -0.15) is 0 Å². The van der Waals surface area contributed by atoms with Crippen LogP contribution in [0.5, 0.6) is 0 Å². The van der Waals surface area contributed by atoms with Gasteiger partial charge in [0.2, 0.25) is 10.0 Å². The van der Waals surface area contributed by atoms with Gasteiger partial charge in [0.05, 0.1) is 37.0 Å². The summed E-state index contributed by atoms with van der Waals surface area (Å²) in [5, 5.41) is 10.5. The van der Waals surface area contributed by atoms with E-state index in [0.29, 0.717) is 21.2 Å². The SMILES string of the molecule is CC[C@@H](CN(c1ccccc1F)S(C)(=O)=O)N1C(=O)[C@H](CC(=O)O)O[C@H](c2cccc(Cl)c2)[C@H]1c1ccc(Cl)cc1. The van der Waals surface area contributed by atoms with E-state index in [9.17, 15) is 27.5 Å². The minimum absolute atomic E-state index is 0.161. The van der Waals surface area contributed by atoms with Gasteiger partial charge in [0.15, 0.2) is 0 Å². The molecule has 0 spiro atoms. The van der Waals surface area contributed by atoms with E-state index < -0.39 is 58.4 Å². The Morgan fingerprint density at radius 3 is 2.32 bits per heavy atom. The van der Waals surface area contributed by atoms with E-state index in [4.69, 9.17) is 27.9 Å². The van der Waals surface area contributed by atoms with Gasteiger partial charge < -0.3 is 14.7 Å². The number of morpholine rings is 1. The summed E-state index contributed by atoms with van der Waals surface area (Å²) in [6.45, 7) is 1.49. The number of benzene rings is 3. The standard InChI is InChI=1S/C29H29Cl2FN2O6S/c1-3-22(17-33(41(2,38)39)24-10-5-4-9-23(24)32)34-27(18-11-13-20(30)14-12-18)28(19-7-6-8-21(31)15-19)40-25(29(34)37)16-26(35)36/h4-15,22,25,27-28H,3,16-17H2,1-2H3,(H,35,36)/t22-,25-,27+,28+/m0/s1. The number of hydrogen-bond acceptors (Lipinski definition) is 5. The molecule has 3 aromatic rings. The Kier molecular flexibility index (Phi) is 9.59. The molecule has 1 amide bonds. The fourth-order valence-corrected chi connectivity index (χ4v) is 6.34. The minimum Gasteiger partial charge on any atom is -0.481 e. The van der Waals surface area contributed by atoms with Gasteiger partial charge in [-0.1, -0.05) is 66.5 Å². The van der Waals surface area contributed by atoms with Crippen LogP contribution in [0.3, 0.4) is 0 Å². The first-order valence-corrected chi connectivity index (χ1v) is 15.4. The summed E-state index contributed by atoms with van der Waals surface area (Å²) in [7, 11) is -4.00. The van der Waals surface area contributed by atoms with Crippen molar-refractivity contribution in [2.45, 2.75) is 44.1 Å². The van der Waals surface area contributed by atoms with Crippen LogP contribution in [0.1, 0.15) is 43.0 Å². The van der Waals surface area contributed by atoms with Crippen LogP contribution in [0.25, 0.3) is 0 Å². The summed E-state index contributed by atoms with van der Waals surface area (Å²) >= 11 is 12.5. The van der Waals surface area contributed by atoms with Crippen molar-refractivity contribution in [1.29, 1.82) is 0 Å². The van der Waals surface area contributed by atoms with E-state index in [1.165, 1.54) is 23.1 Å². The van der Waals surface area contributed by atoms with Crippen LogP contribution in [0.4, 0.5) is 10.1 Å². The average molecular weight is 624 g/mol. The van der Waals surface area contributed by atoms with Crippen LogP contribution >= 0.6 is 23.2 Å². The summed E-state index contributed by atoms with van der Waals surface area (Å²) in [5.41, 5.74) is 1.05. The van der Waals surface area contributed by atoms with Crippen LogP contribution in [0, 0.1) is 5.82 Å². The van der Waals surface area contributed by atoms with E-state index in [-0.39, 0.29) is 18.7 Å². The molecule has 1 aliphatic rings. The van der Waals surface area contributed by atoms with Crippen LogP contribution in [0.15, 0.2) is 72.8 Å². The van der Waals surface area contributed by atoms with Gasteiger partial charge in [-0.25, -0.2) is 12.8 Å². The number of sulfonamides is 1. The molecule has 3 aromatic carbocycles. The number of carboxylic acid groups (broad SMARTS) is 1. The summed E-state index contributed by atoms with van der Waals surface area (Å²) in [4.78, 5) is 27.3. The lowest BCUT2D eigenvalue weighted by atomic mass is 9.89. The third kappa shape index (κ3) is 7.01. The van der Waals surface area contributed by atoms with Crippen molar-refractivity contribution < 1.29 is 32.2 Å². The lowest BCUT2D eigenvalue weighted by Gasteiger charge is -2.48. The molecule has 0 unspecified atom stereocenters. The zero-order chi connectivity index (χ0) is 29.9. The normalized spacial score (nSPS) is 20.1. The first kappa shape index (κ1) is 30.8. The topological polar surface area (TPSA) is 104 Å². The Hall–Kier alpha value is -3.18. The van der Waals surface area contributed by atoms with E-state index >= 15 is 0 Å². The Morgan fingerprint density at radius 2 is 1.73 bits per heavy atom. The van der Waals surface area contributed by atoms with Crippen molar-refractivity contribution in [3.05, 3.63) is 99.8 Å². The maximum Gasteiger partial charge on any atom is 0.306 e. The number of nitrogens with zero attached hydrogens (tertiary/aromatic N) is 2. The van der Waals surface area contributed by atoms with Crippen molar-refractivity contribution in [3.8, 4) is 0 Å². The predicted octanol–water partition coefficient (Wildman–Crippen LogP) is 5.86. The highest BCUT2D eigenvalue weighted by Gasteiger charge is 2.47. The molecule has 0 radical (unpaired) electrons. The number of halogens is 3. The monoisotopic (exact) mass is 622 g/mol. The molecule has 1 saturated heterocycles. The van der Waals surface area contributed by atoms with E-state index in [1.807, 2.05) is 0 Å². The first-order chi connectivity index (χ1) is 19.4. The Bertz CT molecular complexity index is 1520. The molecule has 0 aliphatic carbocycles. The van der Waals surface area contributed by atoms with Crippen molar-refractivity contribution in [1.82, 2.24) is 4.90 Å². The number of carbonyl (C=O) groups excluding carboxylic acids is 1. The lowest BCUT2D eigenvalue weighted by molar-refractivity contribution is -0.183. The molecule has 1 N–H and O–H groups in total. The van der Waals surface area contributed by atoms with Gasteiger partial charge in [-0.3, -0.25) is 13.9 Å². The predicted molar refractivity (Wildman–Crippen MR) is 155 cm³/mol. The molecule has 41 heavy (non-hydrogen) atoms. The molecule has 0 bridgehead atoms. The summed E-state index contributed by atoms with van der Waals surface area (Å²) < 4.78 is 47.9. The third-order valence-corrected chi connectivity index (χ3v) is 8.57. The van der Waals surface area contributed by atoms with Crippen molar-refractivity contribution >= 4 is 50.8 Å². The summed E-state index contributed by atoms with van der Waals surface area (Å²) in [5.74, 6) is -2.61. The summed E-state index contributed by atoms with van der Waals surface area (Å²) in [6, 6.07) is 17.4. The van der Waals surface area contributed by atoms with Crippen molar-refractivity contribution in [3.63, 3.8) is 0 Å². The maximum absolute atomic E-state index is 14.9. The van der Waals surface area contributed by atoms with Crippen molar-refractivity contribution in [2.75, 3.05) is 17.1 Å². The second kappa shape index (κ2) is 12.8. The molecule has 4 atom stereocenters. The van der Waals surface area contributed by atoms with Crippen LogP contribution < -0.4 is 4.31 Å². The molecule has 218 valence electrons. The highest BCUT2D eigenvalue weighted by atomic mass is 35.5. The molecule has 1 heterocycles. The Balaban J connectivity index is 1.89. The van der Waals surface area contributed by atoms with E-state index in [0.717, 1.165) is 16.6 Å². The molecule has 1 fully saturated rings. The van der Waals surface area contributed by atoms with Gasteiger partial charge in [0, 0.05) is 10.0 Å². The Labute approximate surface area is 248 Å². The number of rotatable bonds is 10. The number of amides is 1. The lowest BCUT2D eigenvalue weighted by Crippen LogP contribution is -2.58. The largest absolute Gasteiger partial charge is 0.481 e. The van der Waals surface area contributed by atoms with E-state index in [1.54, 1.807) is 55.5 Å². The van der Waals surface area contributed by atoms with Crippen molar-refractivity contribution in [2.24, 2.45) is 0 Å². The number of hydrogen-bond donors (Lipinski definition) is 1. The Morgan fingerprint density at radius 1 is 1.05 bits per heavy atom. The van der Waals surface area contributed by atoms with Gasteiger partial charge >= 0.3 is 5.97 Å². The third-order valence-electron chi connectivity index (χ3n) is 6.94. The molecule has 8 nitrogen and oxygen atoms in total.